The zero-order valence-electron chi connectivity index (χ0n) is 5.66. The molecule has 0 atom stereocenters. The molecule has 0 spiro atoms. The van der Waals surface area contributed by atoms with Crippen LogP contribution in [0.1, 0.15) is 0 Å². The number of aromatic amines is 1. The first-order valence-electron chi connectivity index (χ1n) is 2.86. The molecule has 0 aliphatic heterocycles. The summed E-state index contributed by atoms with van der Waals surface area (Å²) < 4.78 is 0. The second kappa shape index (κ2) is 3.35. The first-order chi connectivity index (χ1) is 5.33. The number of hydrogen-bond acceptors (Lipinski definition) is 3. The lowest BCUT2D eigenvalue weighted by Crippen LogP contribution is -2.24. The summed E-state index contributed by atoms with van der Waals surface area (Å²) in [6, 6.07) is -0.406. The number of hydrogen-bond donors (Lipinski definition) is 3. The zero-order chi connectivity index (χ0) is 8.10. The number of aromatic nitrogens is 3. The minimum Gasteiger partial charge on any atom is -0.315 e. The Morgan fingerprint density at radius 2 is 2.64 bits per heavy atom. The van der Waals surface area contributed by atoms with E-state index in [2.05, 4.69) is 32.4 Å². The van der Waals surface area contributed by atoms with Gasteiger partial charge in [-0.05, 0) is 6.20 Å². The first-order valence-corrected chi connectivity index (χ1v) is 2.86. The van der Waals surface area contributed by atoms with E-state index in [0.717, 1.165) is 0 Å². The van der Waals surface area contributed by atoms with Crippen molar-refractivity contribution in [3.8, 4) is 0 Å². The average Bonchev–Trinajstić information content (AvgIpc) is 2.40. The maximum absolute atomic E-state index is 10.7. The van der Waals surface area contributed by atoms with Gasteiger partial charge in [-0.1, -0.05) is 6.58 Å². The fourth-order valence-electron chi connectivity index (χ4n) is 0.502. The minimum absolute atomic E-state index is 0.296. The number of amides is 2. The molecule has 0 aromatic carbocycles. The zero-order valence-corrected chi connectivity index (χ0v) is 5.66. The number of nitrogens with one attached hydrogen (secondary N) is 3. The Kier molecular flexibility index (Phi) is 2.21. The van der Waals surface area contributed by atoms with Crippen LogP contribution in [0.5, 0.6) is 0 Å². The van der Waals surface area contributed by atoms with Crippen LogP contribution in [0, 0.1) is 0 Å². The Hall–Kier alpha value is -1.85. The summed E-state index contributed by atoms with van der Waals surface area (Å²) in [7, 11) is 0. The molecule has 0 unspecified atom stereocenters. The number of H-pyrrole nitrogens is 1. The molecule has 58 valence electrons. The van der Waals surface area contributed by atoms with Crippen molar-refractivity contribution >= 4 is 12.0 Å². The molecule has 1 rings (SSSR count). The lowest BCUT2D eigenvalue weighted by molar-refractivity contribution is 0.255. The number of nitrogens with zero attached hydrogens (tertiary/aromatic N) is 2. The quantitative estimate of drug-likeness (QED) is 0.562. The van der Waals surface area contributed by atoms with Gasteiger partial charge in [-0.2, -0.15) is 10.1 Å². The van der Waals surface area contributed by atoms with Crippen molar-refractivity contribution < 1.29 is 4.79 Å². The average molecular weight is 153 g/mol. The normalized spacial score (nSPS) is 8.73. The molecule has 2 amide bonds. The van der Waals surface area contributed by atoms with Crippen molar-refractivity contribution in [2.75, 3.05) is 5.32 Å². The van der Waals surface area contributed by atoms with Crippen LogP contribution in [0.4, 0.5) is 10.7 Å². The molecule has 6 nitrogen and oxygen atoms in total. The van der Waals surface area contributed by atoms with Gasteiger partial charge in [0.15, 0.2) is 0 Å². The van der Waals surface area contributed by atoms with E-state index >= 15 is 0 Å². The van der Waals surface area contributed by atoms with Crippen LogP contribution in [0.15, 0.2) is 19.1 Å². The largest absolute Gasteiger partial charge is 0.325 e. The number of rotatable bonds is 2. The van der Waals surface area contributed by atoms with E-state index < -0.39 is 6.03 Å². The minimum atomic E-state index is -0.406. The highest BCUT2D eigenvalue weighted by atomic mass is 16.2. The van der Waals surface area contributed by atoms with Crippen molar-refractivity contribution in [2.45, 2.75) is 0 Å². The van der Waals surface area contributed by atoms with Gasteiger partial charge in [0.25, 0.3) is 0 Å². The molecule has 0 saturated heterocycles. The predicted molar refractivity (Wildman–Crippen MR) is 38.7 cm³/mol. The van der Waals surface area contributed by atoms with Crippen molar-refractivity contribution in [3.63, 3.8) is 0 Å². The second-order valence-corrected chi connectivity index (χ2v) is 1.64. The Balaban J connectivity index is 2.43. The van der Waals surface area contributed by atoms with Gasteiger partial charge in [-0.25, -0.2) is 9.89 Å². The summed E-state index contributed by atoms with van der Waals surface area (Å²) in [6.45, 7) is 3.31. The molecular weight excluding hydrogens is 146 g/mol. The van der Waals surface area contributed by atoms with E-state index in [-0.39, 0.29) is 0 Å². The van der Waals surface area contributed by atoms with E-state index in [1.165, 1.54) is 12.5 Å². The van der Waals surface area contributed by atoms with Gasteiger partial charge < -0.3 is 5.32 Å². The highest BCUT2D eigenvalue weighted by molar-refractivity contribution is 5.87. The number of carbonyl (C=O) groups is 1. The van der Waals surface area contributed by atoms with Gasteiger partial charge in [0.1, 0.15) is 6.33 Å². The summed E-state index contributed by atoms with van der Waals surface area (Å²) in [4.78, 5) is 14.4. The molecule has 0 radical (unpaired) electrons. The summed E-state index contributed by atoms with van der Waals surface area (Å²) in [5.41, 5.74) is 0. The maximum atomic E-state index is 10.7. The summed E-state index contributed by atoms with van der Waals surface area (Å²) in [5, 5.41) is 10.7. The van der Waals surface area contributed by atoms with E-state index in [0.29, 0.717) is 5.95 Å². The smallest absolute Gasteiger partial charge is 0.315 e. The molecule has 0 saturated carbocycles. The third-order valence-corrected chi connectivity index (χ3v) is 0.880. The first kappa shape index (κ1) is 7.26. The Morgan fingerprint density at radius 3 is 3.18 bits per heavy atom. The van der Waals surface area contributed by atoms with Crippen LogP contribution in [0.3, 0.4) is 0 Å². The highest BCUT2D eigenvalue weighted by Crippen LogP contribution is 1.90. The SMILES string of the molecule is C=CNC(=O)Nc1ncn[nH]1. The van der Waals surface area contributed by atoms with Crippen LogP contribution >= 0.6 is 0 Å². The molecule has 3 N–H and O–H groups in total. The van der Waals surface area contributed by atoms with Crippen molar-refractivity contribution in [3.05, 3.63) is 19.1 Å². The van der Waals surface area contributed by atoms with Gasteiger partial charge in [0.2, 0.25) is 5.95 Å². The molecule has 1 aromatic heterocycles. The summed E-state index contributed by atoms with van der Waals surface area (Å²) >= 11 is 0. The fourth-order valence-corrected chi connectivity index (χ4v) is 0.502. The van der Waals surface area contributed by atoms with Crippen molar-refractivity contribution in [2.24, 2.45) is 0 Å². The summed E-state index contributed by atoms with van der Waals surface area (Å²) in [6.07, 6.45) is 2.56. The molecule has 0 fully saturated rings. The lowest BCUT2D eigenvalue weighted by Gasteiger charge is -1.97. The third-order valence-electron chi connectivity index (χ3n) is 0.880. The van der Waals surface area contributed by atoms with E-state index in [4.69, 9.17) is 0 Å². The van der Waals surface area contributed by atoms with Gasteiger partial charge in [0.05, 0.1) is 0 Å². The lowest BCUT2D eigenvalue weighted by atomic mass is 10.8. The van der Waals surface area contributed by atoms with E-state index in [1.807, 2.05) is 0 Å². The molecule has 0 aliphatic carbocycles. The Bertz CT molecular complexity index is 241. The van der Waals surface area contributed by atoms with Crippen LogP contribution in [0.25, 0.3) is 0 Å². The number of urea groups is 1. The van der Waals surface area contributed by atoms with Crippen molar-refractivity contribution in [1.82, 2.24) is 20.5 Å². The fraction of sp³-hybridized carbons (Fsp3) is 0. The molecule has 1 heterocycles. The Labute approximate surface area is 62.7 Å². The van der Waals surface area contributed by atoms with Crippen LogP contribution in [-0.2, 0) is 0 Å². The van der Waals surface area contributed by atoms with Gasteiger partial charge in [-0.3, -0.25) is 5.32 Å². The number of anilines is 1. The highest BCUT2D eigenvalue weighted by Gasteiger charge is 1.98. The number of carbonyl (C=O) groups excluding carboxylic acids is 1. The topological polar surface area (TPSA) is 82.7 Å². The molecule has 0 bridgehead atoms. The van der Waals surface area contributed by atoms with Crippen LogP contribution in [0.2, 0.25) is 0 Å². The molecule has 6 heteroatoms. The maximum Gasteiger partial charge on any atom is 0.325 e. The molecule has 0 aliphatic rings. The second-order valence-electron chi connectivity index (χ2n) is 1.64. The molecule has 11 heavy (non-hydrogen) atoms. The Morgan fingerprint density at radius 1 is 1.82 bits per heavy atom. The van der Waals surface area contributed by atoms with Crippen LogP contribution in [-0.4, -0.2) is 21.2 Å². The van der Waals surface area contributed by atoms with E-state index in [9.17, 15) is 4.79 Å². The molecule has 1 aromatic rings. The van der Waals surface area contributed by atoms with E-state index in [1.54, 1.807) is 0 Å². The van der Waals surface area contributed by atoms with Gasteiger partial charge in [0, 0.05) is 0 Å². The van der Waals surface area contributed by atoms with Crippen LogP contribution < -0.4 is 10.6 Å². The summed E-state index contributed by atoms with van der Waals surface area (Å²) in [5.74, 6) is 0.296. The monoisotopic (exact) mass is 153 g/mol. The third kappa shape index (κ3) is 2.09. The van der Waals surface area contributed by atoms with Gasteiger partial charge >= 0.3 is 6.03 Å². The standard InChI is InChI=1S/C5H7N5O/c1-2-6-5(11)9-4-7-3-8-10-4/h2-3H,1H2,(H3,6,7,8,9,10,11). The van der Waals surface area contributed by atoms with Crippen molar-refractivity contribution in [1.29, 1.82) is 0 Å². The van der Waals surface area contributed by atoms with Gasteiger partial charge in [-0.15, -0.1) is 0 Å². The predicted octanol–water partition coefficient (Wildman–Crippen LogP) is 0.0697. The molecular formula is C5H7N5O.